The van der Waals surface area contributed by atoms with Crippen LogP contribution in [0.2, 0.25) is 0 Å². The van der Waals surface area contributed by atoms with E-state index in [2.05, 4.69) is 0 Å². The highest BCUT2D eigenvalue weighted by Gasteiger charge is 2.35. The Kier molecular flexibility index (Phi) is 3.19. The molecule has 0 aliphatic carbocycles. The van der Waals surface area contributed by atoms with Crippen LogP contribution in [0.4, 0.5) is 0 Å². The number of carbonyl (C=O) groups excluding carboxylic acids is 2. The second-order valence-corrected chi connectivity index (χ2v) is 2.70. The van der Waals surface area contributed by atoms with Gasteiger partial charge >= 0.3 is 5.97 Å². The molecular formula is C9H12O4. The Morgan fingerprint density at radius 2 is 2.46 bits per heavy atom. The highest BCUT2D eigenvalue weighted by Crippen LogP contribution is 2.26. The average molecular weight is 184 g/mol. The molecule has 0 amide bonds. The van der Waals surface area contributed by atoms with Gasteiger partial charge in [0.05, 0.1) is 0 Å². The molecule has 4 nitrogen and oxygen atoms in total. The standard InChI is InChI=1S/C9H12O4/c1-2-12-9(5-3-7-10)6-4-8(11)13-9/h4,6-7H,2-3,5H2,1H3/t9-/m0/s1. The van der Waals surface area contributed by atoms with E-state index in [0.29, 0.717) is 19.4 Å². The van der Waals surface area contributed by atoms with E-state index in [1.807, 2.05) is 6.92 Å². The van der Waals surface area contributed by atoms with E-state index in [1.165, 1.54) is 6.08 Å². The number of carbonyl (C=O) groups is 2. The van der Waals surface area contributed by atoms with Crippen molar-refractivity contribution in [1.29, 1.82) is 0 Å². The first kappa shape index (κ1) is 9.92. The largest absolute Gasteiger partial charge is 0.426 e. The second-order valence-electron chi connectivity index (χ2n) is 2.70. The Bertz CT molecular complexity index is 234. The molecule has 1 rings (SSSR count). The van der Waals surface area contributed by atoms with Crippen molar-refractivity contribution in [1.82, 2.24) is 0 Å². The van der Waals surface area contributed by atoms with Gasteiger partial charge in [-0.15, -0.1) is 0 Å². The summed E-state index contributed by atoms with van der Waals surface area (Å²) in [7, 11) is 0. The summed E-state index contributed by atoms with van der Waals surface area (Å²) in [5.41, 5.74) is 0. The van der Waals surface area contributed by atoms with Crippen LogP contribution in [0.15, 0.2) is 12.2 Å². The van der Waals surface area contributed by atoms with Crippen molar-refractivity contribution in [2.75, 3.05) is 6.61 Å². The minimum atomic E-state index is -0.993. The van der Waals surface area contributed by atoms with Gasteiger partial charge in [-0.05, 0) is 13.0 Å². The van der Waals surface area contributed by atoms with Crippen molar-refractivity contribution in [3.05, 3.63) is 12.2 Å². The topological polar surface area (TPSA) is 52.6 Å². The molecule has 1 heterocycles. The van der Waals surface area contributed by atoms with E-state index in [-0.39, 0.29) is 0 Å². The summed E-state index contributed by atoms with van der Waals surface area (Å²) >= 11 is 0. The van der Waals surface area contributed by atoms with Gasteiger partial charge in [-0.1, -0.05) is 0 Å². The Morgan fingerprint density at radius 3 is 2.92 bits per heavy atom. The predicted molar refractivity (Wildman–Crippen MR) is 44.9 cm³/mol. The number of esters is 1. The van der Waals surface area contributed by atoms with Gasteiger partial charge < -0.3 is 14.3 Å². The van der Waals surface area contributed by atoms with Gasteiger partial charge in [0, 0.05) is 25.5 Å². The molecule has 0 aromatic heterocycles. The fourth-order valence-electron chi connectivity index (χ4n) is 1.22. The first-order chi connectivity index (χ1) is 6.22. The molecule has 1 aliphatic rings. The molecular weight excluding hydrogens is 172 g/mol. The van der Waals surface area contributed by atoms with Gasteiger partial charge in [0.15, 0.2) is 0 Å². The van der Waals surface area contributed by atoms with Crippen LogP contribution in [-0.2, 0) is 19.1 Å². The molecule has 0 spiro atoms. The second kappa shape index (κ2) is 4.18. The lowest BCUT2D eigenvalue weighted by Gasteiger charge is -2.25. The Morgan fingerprint density at radius 1 is 1.69 bits per heavy atom. The molecule has 0 unspecified atom stereocenters. The highest BCUT2D eigenvalue weighted by atomic mass is 16.7. The van der Waals surface area contributed by atoms with Crippen molar-refractivity contribution in [3.8, 4) is 0 Å². The van der Waals surface area contributed by atoms with Crippen LogP contribution in [0.1, 0.15) is 19.8 Å². The molecule has 0 saturated heterocycles. The average Bonchev–Trinajstić information content (AvgIpc) is 2.46. The van der Waals surface area contributed by atoms with E-state index in [0.717, 1.165) is 6.29 Å². The van der Waals surface area contributed by atoms with Crippen LogP contribution in [0, 0.1) is 0 Å². The van der Waals surface area contributed by atoms with Crippen molar-refractivity contribution >= 4 is 12.3 Å². The summed E-state index contributed by atoms with van der Waals surface area (Å²) in [6.45, 7) is 2.25. The molecule has 13 heavy (non-hydrogen) atoms. The maximum absolute atomic E-state index is 10.8. The maximum atomic E-state index is 10.8. The normalized spacial score (nSPS) is 26.1. The third-order valence-electron chi connectivity index (χ3n) is 1.75. The maximum Gasteiger partial charge on any atom is 0.333 e. The van der Waals surface area contributed by atoms with Gasteiger partial charge in [-0.2, -0.15) is 0 Å². The molecule has 1 atom stereocenters. The summed E-state index contributed by atoms with van der Waals surface area (Å²) in [6.07, 6.45) is 4.35. The van der Waals surface area contributed by atoms with Gasteiger partial charge in [0.25, 0.3) is 0 Å². The monoisotopic (exact) mass is 184 g/mol. The third-order valence-corrected chi connectivity index (χ3v) is 1.75. The summed E-state index contributed by atoms with van der Waals surface area (Å²) in [6, 6.07) is 0. The molecule has 0 aromatic rings. The molecule has 0 bridgehead atoms. The van der Waals surface area contributed by atoms with Gasteiger partial charge in [0.1, 0.15) is 6.29 Å². The lowest BCUT2D eigenvalue weighted by molar-refractivity contribution is -0.198. The van der Waals surface area contributed by atoms with E-state index in [4.69, 9.17) is 9.47 Å². The van der Waals surface area contributed by atoms with E-state index < -0.39 is 11.8 Å². The zero-order valence-corrected chi connectivity index (χ0v) is 7.49. The van der Waals surface area contributed by atoms with Crippen LogP contribution in [-0.4, -0.2) is 24.6 Å². The first-order valence-corrected chi connectivity index (χ1v) is 4.22. The molecule has 0 fully saturated rings. The zero-order valence-electron chi connectivity index (χ0n) is 7.49. The van der Waals surface area contributed by atoms with Crippen LogP contribution in [0.3, 0.4) is 0 Å². The molecule has 0 saturated carbocycles. The van der Waals surface area contributed by atoms with Crippen molar-refractivity contribution in [2.24, 2.45) is 0 Å². The Labute approximate surface area is 76.5 Å². The molecule has 0 radical (unpaired) electrons. The summed E-state index contributed by atoms with van der Waals surface area (Å²) < 4.78 is 10.2. The quantitative estimate of drug-likeness (QED) is 0.468. The zero-order chi connectivity index (χ0) is 9.73. The van der Waals surface area contributed by atoms with Gasteiger partial charge in [0.2, 0.25) is 5.79 Å². The summed E-state index contributed by atoms with van der Waals surface area (Å²) in [5, 5.41) is 0. The minimum Gasteiger partial charge on any atom is -0.426 e. The van der Waals surface area contributed by atoms with Crippen LogP contribution in [0.25, 0.3) is 0 Å². The highest BCUT2D eigenvalue weighted by molar-refractivity contribution is 5.84. The molecule has 0 aromatic carbocycles. The molecule has 0 N–H and O–H groups in total. The lowest BCUT2D eigenvalue weighted by atomic mass is 10.1. The number of rotatable bonds is 5. The van der Waals surface area contributed by atoms with E-state index >= 15 is 0 Å². The number of hydrogen-bond donors (Lipinski definition) is 0. The number of aldehydes is 1. The van der Waals surface area contributed by atoms with Crippen LogP contribution in [0.5, 0.6) is 0 Å². The fraction of sp³-hybridized carbons (Fsp3) is 0.556. The number of hydrogen-bond acceptors (Lipinski definition) is 4. The SMILES string of the molecule is CCO[C@]1(CCC=O)C=CC(=O)O1. The fourth-order valence-corrected chi connectivity index (χ4v) is 1.22. The van der Waals surface area contributed by atoms with Gasteiger partial charge in [-0.3, -0.25) is 0 Å². The Balaban J connectivity index is 2.59. The number of cyclic esters (lactones) is 1. The van der Waals surface area contributed by atoms with Crippen LogP contribution < -0.4 is 0 Å². The van der Waals surface area contributed by atoms with E-state index in [9.17, 15) is 9.59 Å². The first-order valence-electron chi connectivity index (χ1n) is 4.22. The third kappa shape index (κ3) is 2.39. The molecule has 4 heteroatoms. The summed E-state index contributed by atoms with van der Waals surface area (Å²) in [5.74, 6) is -1.41. The predicted octanol–water partition coefficient (Wildman–Crippen LogP) is 0.811. The van der Waals surface area contributed by atoms with E-state index in [1.54, 1.807) is 6.08 Å². The van der Waals surface area contributed by atoms with Crippen molar-refractivity contribution in [2.45, 2.75) is 25.6 Å². The molecule has 1 aliphatic heterocycles. The van der Waals surface area contributed by atoms with Crippen molar-refractivity contribution < 1.29 is 19.1 Å². The molecule has 72 valence electrons. The van der Waals surface area contributed by atoms with Crippen LogP contribution >= 0.6 is 0 Å². The Hall–Kier alpha value is -1.16. The summed E-state index contributed by atoms with van der Waals surface area (Å²) in [4.78, 5) is 21.0. The number of ether oxygens (including phenoxy) is 2. The van der Waals surface area contributed by atoms with Crippen molar-refractivity contribution in [3.63, 3.8) is 0 Å². The minimum absolute atomic E-state index is 0.317. The van der Waals surface area contributed by atoms with Gasteiger partial charge in [-0.25, -0.2) is 4.79 Å². The lowest BCUT2D eigenvalue weighted by Crippen LogP contribution is -2.32. The smallest absolute Gasteiger partial charge is 0.333 e.